The molecule has 0 aliphatic carbocycles. The Kier molecular flexibility index (Phi) is 14.8. The first-order valence-electron chi connectivity index (χ1n) is 11.9. The number of nitrogens with zero attached hydrogens (tertiary/aromatic N) is 2. The summed E-state index contributed by atoms with van der Waals surface area (Å²) in [5.74, 6) is 0. The molecule has 0 fully saturated rings. The summed E-state index contributed by atoms with van der Waals surface area (Å²) >= 11 is 29.5. The van der Waals surface area contributed by atoms with Crippen molar-refractivity contribution in [3.63, 3.8) is 0 Å². The molecular formula is C26H23Br2Cl5N4O4S2. The quantitative estimate of drug-likeness (QED) is 0.146. The maximum Gasteiger partial charge on any atom is 0.261 e. The van der Waals surface area contributed by atoms with Crippen LogP contribution in [-0.2, 0) is 31.9 Å². The highest BCUT2D eigenvalue weighted by Crippen LogP contribution is 2.28. The van der Waals surface area contributed by atoms with E-state index in [0.717, 1.165) is 11.1 Å². The number of hydrogen-bond donors (Lipinski definition) is 2. The molecule has 43 heavy (non-hydrogen) atoms. The number of sulfonamides is 1. The number of benzene rings is 2. The predicted molar refractivity (Wildman–Crippen MR) is 184 cm³/mol. The van der Waals surface area contributed by atoms with Gasteiger partial charge in [-0.2, -0.15) is 0 Å². The van der Waals surface area contributed by atoms with E-state index in [1.807, 2.05) is 13.8 Å². The molecule has 17 heteroatoms. The smallest absolute Gasteiger partial charge is 0.261 e. The van der Waals surface area contributed by atoms with E-state index >= 15 is 0 Å². The van der Waals surface area contributed by atoms with Gasteiger partial charge in [-0.3, -0.25) is 4.72 Å². The van der Waals surface area contributed by atoms with E-state index in [0.29, 0.717) is 47.8 Å². The highest BCUT2D eigenvalue weighted by molar-refractivity contribution is 9.10. The van der Waals surface area contributed by atoms with Gasteiger partial charge < -0.3 is 5.73 Å². The summed E-state index contributed by atoms with van der Waals surface area (Å²) in [6.07, 6.45) is 4.27. The number of nitrogens with two attached hydrogens (primary N) is 1. The molecule has 0 amide bonds. The Morgan fingerprint density at radius 3 is 1.67 bits per heavy atom. The van der Waals surface area contributed by atoms with E-state index in [2.05, 4.69) is 46.5 Å². The van der Waals surface area contributed by atoms with Gasteiger partial charge >= 0.3 is 0 Å². The molecule has 2 heterocycles. The SMILES string of the molecule is CCc1cc(S(=O)(=O)Cl)ccc1Cl.CCc1cc(S(=O)(=O)Nc2cc(Cl)cnc2Br)ccc1Cl.Nc1cc(Cl)cnc1Br. The summed E-state index contributed by atoms with van der Waals surface area (Å²) in [5.41, 5.74) is 7.81. The Bertz CT molecular complexity index is 1820. The van der Waals surface area contributed by atoms with E-state index < -0.39 is 19.1 Å². The highest BCUT2D eigenvalue weighted by Gasteiger charge is 2.18. The maximum atomic E-state index is 12.4. The van der Waals surface area contributed by atoms with E-state index in [9.17, 15) is 16.8 Å². The summed E-state index contributed by atoms with van der Waals surface area (Å²) in [6, 6.07) is 12.1. The molecule has 4 rings (SSSR count). The van der Waals surface area contributed by atoms with Crippen molar-refractivity contribution in [1.82, 2.24) is 9.97 Å². The van der Waals surface area contributed by atoms with Crippen molar-refractivity contribution >= 4 is 119 Å². The van der Waals surface area contributed by atoms with Gasteiger partial charge in [0, 0.05) is 33.1 Å². The number of hydrogen-bond acceptors (Lipinski definition) is 7. The molecule has 2 aromatic heterocycles. The first-order valence-corrected chi connectivity index (χ1v) is 18.8. The average Bonchev–Trinajstić information content (AvgIpc) is 2.93. The molecule has 8 nitrogen and oxygen atoms in total. The Labute approximate surface area is 292 Å². The second-order valence-corrected chi connectivity index (χ2v) is 15.7. The molecule has 232 valence electrons. The first kappa shape index (κ1) is 37.8. The zero-order valence-corrected chi connectivity index (χ0v) is 30.8. The maximum absolute atomic E-state index is 12.4. The van der Waals surface area contributed by atoms with Crippen molar-refractivity contribution < 1.29 is 16.8 Å². The molecular weight excluding hydrogens is 834 g/mol. The lowest BCUT2D eigenvalue weighted by atomic mass is 10.2. The van der Waals surface area contributed by atoms with Crippen LogP contribution in [0.4, 0.5) is 11.4 Å². The molecule has 0 atom stereocenters. The standard InChI is InChI=1S/C13H11BrCl2N2O2S.C8H8Cl2O2S.C5H4BrClN2/c1-2-8-5-10(3-4-11(8)16)21(19,20)18-12-6-9(15)7-17-13(12)14;1-2-6-5-7(13(10,11)12)3-4-8(6)9;6-5-4(8)1-3(7)2-9-5/h3-7,18H,2H2,1H3;3-5H,2H2,1H3;1-2H,8H2. The van der Waals surface area contributed by atoms with Crippen LogP contribution in [0.5, 0.6) is 0 Å². The molecule has 0 saturated heterocycles. The van der Waals surface area contributed by atoms with Gasteiger partial charge in [0.25, 0.3) is 19.1 Å². The average molecular weight is 857 g/mol. The van der Waals surface area contributed by atoms with Crippen molar-refractivity contribution in [3.8, 4) is 0 Å². The molecule has 0 spiro atoms. The third-order valence-electron chi connectivity index (χ3n) is 5.27. The van der Waals surface area contributed by atoms with E-state index in [1.54, 1.807) is 18.2 Å². The number of rotatable bonds is 6. The second-order valence-electron chi connectivity index (χ2n) is 8.28. The van der Waals surface area contributed by atoms with Crippen LogP contribution in [0.15, 0.2) is 79.9 Å². The molecule has 0 radical (unpaired) electrons. The van der Waals surface area contributed by atoms with Crippen LogP contribution < -0.4 is 10.5 Å². The van der Waals surface area contributed by atoms with Crippen LogP contribution in [0.3, 0.4) is 0 Å². The Morgan fingerprint density at radius 2 is 1.21 bits per heavy atom. The predicted octanol–water partition coefficient (Wildman–Crippen LogP) is 9.42. The lowest BCUT2D eigenvalue weighted by molar-refractivity contribution is 0.600. The molecule has 0 aliphatic heterocycles. The van der Waals surface area contributed by atoms with Gasteiger partial charge in [-0.15, -0.1) is 0 Å². The number of aryl methyl sites for hydroxylation is 2. The minimum Gasteiger partial charge on any atom is -0.396 e. The van der Waals surface area contributed by atoms with Crippen molar-refractivity contribution in [2.45, 2.75) is 36.5 Å². The minimum atomic E-state index is -3.74. The van der Waals surface area contributed by atoms with Gasteiger partial charge in [0.15, 0.2) is 0 Å². The van der Waals surface area contributed by atoms with Gasteiger partial charge in [-0.05, 0) is 104 Å². The normalized spacial score (nSPS) is 11.1. The zero-order chi connectivity index (χ0) is 32.5. The summed E-state index contributed by atoms with van der Waals surface area (Å²) < 4.78 is 50.1. The number of pyridine rings is 2. The number of anilines is 2. The van der Waals surface area contributed by atoms with Crippen LogP contribution in [0.25, 0.3) is 0 Å². The van der Waals surface area contributed by atoms with Gasteiger partial charge in [0.1, 0.15) is 9.21 Å². The van der Waals surface area contributed by atoms with Crippen molar-refractivity contribution in [2.75, 3.05) is 10.5 Å². The number of aromatic nitrogens is 2. The largest absolute Gasteiger partial charge is 0.396 e. The third kappa shape index (κ3) is 11.8. The second kappa shape index (κ2) is 16.8. The van der Waals surface area contributed by atoms with Crippen LogP contribution in [0.1, 0.15) is 25.0 Å². The van der Waals surface area contributed by atoms with E-state index in [1.165, 1.54) is 42.7 Å². The van der Waals surface area contributed by atoms with Gasteiger partial charge in [0.2, 0.25) is 0 Å². The van der Waals surface area contributed by atoms with Gasteiger partial charge in [-0.25, -0.2) is 26.8 Å². The summed E-state index contributed by atoms with van der Waals surface area (Å²) in [4.78, 5) is 8.01. The molecule has 0 aliphatic rings. The first-order chi connectivity index (χ1) is 20.0. The van der Waals surface area contributed by atoms with Crippen molar-refractivity contribution in [2.24, 2.45) is 0 Å². The van der Waals surface area contributed by atoms with Gasteiger partial charge in [0.05, 0.1) is 31.2 Å². The monoisotopic (exact) mass is 852 g/mol. The Morgan fingerprint density at radius 1 is 0.744 bits per heavy atom. The number of nitrogen functional groups attached to an aromatic ring is 1. The summed E-state index contributed by atoms with van der Waals surface area (Å²) in [5, 5.41) is 1.99. The number of nitrogens with one attached hydrogen (secondary N) is 1. The number of halogens is 7. The molecule has 3 N–H and O–H groups in total. The fraction of sp³-hybridized carbons (Fsp3) is 0.154. The van der Waals surface area contributed by atoms with Crippen LogP contribution in [0.2, 0.25) is 20.1 Å². The van der Waals surface area contributed by atoms with Crippen LogP contribution in [0, 0.1) is 0 Å². The molecule has 0 unspecified atom stereocenters. The topological polar surface area (TPSA) is 132 Å². The summed E-state index contributed by atoms with van der Waals surface area (Å²) in [6.45, 7) is 3.80. The van der Waals surface area contributed by atoms with Crippen molar-refractivity contribution in [1.29, 1.82) is 0 Å². The fourth-order valence-electron chi connectivity index (χ4n) is 3.10. The highest BCUT2D eigenvalue weighted by atomic mass is 79.9. The fourth-order valence-corrected chi connectivity index (χ4v) is 6.50. The van der Waals surface area contributed by atoms with E-state index in [-0.39, 0.29) is 15.5 Å². The van der Waals surface area contributed by atoms with Crippen LogP contribution >= 0.6 is 88.9 Å². The molecule has 0 bridgehead atoms. The summed E-state index contributed by atoms with van der Waals surface area (Å²) in [7, 11) is -2.21. The third-order valence-corrected chi connectivity index (χ3v) is 10.4. The van der Waals surface area contributed by atoms with Crippen molar-refractivity contribution in [3.05, 3.63) is 101 Å². The Balaban J connectivity index is 0.000000249. The van der Waals surface area contributed by atoms with Crippen LogP contribution in [-0.4, -0.2) is 26.8 Å². The Hall–Kier alpha value is -1.35. The zero-order valence-electron chi connectivity index (χ0n) is 22.3. The molecule has 4 aromatic rings. The van der Waals surface area contributed by atoms with E-state index in [4.69, 9.17) is 62.8 Å². The lowest BCUT2D eigenvalue weighted by Crippen LogP contribution is -2.14. The molecule has 0 saturated carbocycles. The molecule has 2 aromatic carbocycles. The van der Waals surface area contributed by atoms with Gasteiger partial charge in [-0.1, -0.05) is 60.3 Å². The minimum absolute atomic E-state index is 0.0930. The lowest BCUT2D eigenvalue weighted by Gasteiger charge is -2.11.